The lowest BCUT2D eigenvalue weighted by atomic mass is 9.71. The van der Waals surface area contributed by atoms with Gasteiger partial charge in [0.05, 0.1) is 35.1 Å². The van der Waals surface area contributed by atoms with E-state index in [1.165, 1.54) is 12.1 Å². The predicted octanol–water partition coefficient (Wildman–Crippen LogP) is 5.73. The van der Waals surface area contributed by atoms with E-state index in [1.54, 1.807) is 18.3 Å². The van der Waals surface area contributed by atoms with Gasteiger partial charge in [-0.15, -0.1) is 0 Å². The Bertz CT molecular complexity index is 2330. The molecule has 1 aromatic heterocycles. The van der Waals surface area contributed by atoms with Crippen molar-refractivity contribution in [2.45, 2.75) is 63.6 Å². The summed E-state index contributed by atoms with van der Waals surface area (Å²) < 4.78 is 40.5. The van der Waals surface area contributed by atoms with Gasteiger partial charge in [-0.25, -0.2) is 9.83 Å². The van der Waals surface area contributed by atoms with Crippen molar-refractivity contribution in [1.82, 2.24) is 20.1 Å². The standard InChI is InChI=1S/C45H48F3N9O5/c1-49-36-6-3-31(22-35(36)45(46,47)48)56-17-12-29(25-56)20-40(59)51-38-8-4-32(23-50-38)54-15-10-28(11-16-54)24-53-26-44(27-53)13-18-55(19-14-44)30-2-5-33-34(21-30)43(62)57(42(33)61)37-7-9-39(58)52-41(37)60/h2-6,8,21-23,28-29,37H,7,9-20,24-27H2,(H,50,51,59)(H,52,58,60). The number of benzene rings is 2. The topological polar surface area (TPSA) is 143 Å². The number of alkyl halides is 3. The van der Waals surface area contributed by atoms with Crippen molar-refractivity contribution in [3.05, 3.63) is 82.8 Å². The zero-order valence-corrected chi connectivity index (χ0v) is 34.3. The van der Waals surface area contributed by atoms with E-state index in [4.69, 9.17) is 6.57 Å². The van der Waals surface area contributed by atoms with Crippen molar-refractivity contribution in [2.24, 2.45) is 17.3 Å². The third-order valence-electron chi connectivity index (χ3n) is 13.8. The number of hydrogen-bond donors (Lipinski definition) is 2. The van der Waals surface area contributed by atoms with Gasteiger partial charge in [0.15, 0.2) is 5.69 Å². The lowest BCUT2D eigenvalue weighted by Gasteiger charge is -2.55. The van der Waals surface area contributed by atoms with Gasteiger partial charge < -0.3 is 24.9 Å². The Morgan fingerprint density at radius 1 is 0.823 bits per heavy atom. The molecule has 2 unspecified atom stereocenters. The molecule has 5 saturated heterocycles. The largest absolute Gasteiger partial charge is 0.407 e. The van der Waals surface area contributed by atoms with Gasteiger partial charge in [0.25, 0.3) is 11.8 Å². The summed E-state index contributed by atoms with van der Waals surface area (Å²) in [6.07, 6.45) is 2.55. The van der Waals surface area contributed by atoms with Crippen LogP contribution in [0.4, 0.5) is 41.7 Å². The number of amides is 5. The average Bonchev–Trinajstić information content (AvgIpc) is 3.81. The minimum Gasteiger partial charge on any atom is -0.371 e. The van der Waals surface area contributed by atoms with Crippen LogP contribution >= 0.6 is 0 Å². The molecule has 5 amide bonds. The van der Waals surface area contributed by atoms with Crippen molar-refractivity contribution < 1.29 is 37.1 Å². The normalized spacial score (nSPS) is 23.1. The van der Waals surface area contributed by atoms with E-state index in [-0.39, 0.29) is 31.1 Å². The third-order valence-corrected chi connectivity index (χ3v) is 13.8. The number of hydrogen-bond acceptors (Lipinski definition) is 10. The molecule has 324 valence electrons. The highest BCUT2D eigenvalue weighted by atomic mass is 19.4. The van der Waals surface area contributed by atoms with Crippen molar-refractivity contribution in [1.29, 1.82) is 0 Å². The van der Waals surface area contributed by atoms with Crippen LogP contribution in [0.5, 0.6) is 0 Å². The van der Waals surface area contributed by atoms with Crippen LogP contribution in [0.2, 0.25) is 0 Å². The molecule has 17 heteroatoms. The van der Waals surface area contributed by atoms with Crippen LogP contribution in [-0.2, 0) is 20.6 Å². The Labute approximate surface area is 357 Å². The van der Waals surface area contributed by atoms with E-state index in [0.717, 1.165) is 93.8 Å². The van der Waals surface area contributed by atoms with Gasteiger partial charge in [0.1, 0.15) is 11.9 Å². The molecule has 14 nitrogen and oxygen atoms in total. The molecule has 2 aromatic carbocycles. The number of aromatic nitrogens is 1. The Hall–Kier alpha value is -6.02. The van der Waals surface area contributed by atoms with E-state index in [9.17, 15) is 37.1 Å². The van der Waals surface area contributed by atoms with Crippen molar-refractivity contribution in [2.75, 3.05) is 78.9 Å². The van der Waals surface area contributed by atoms with Gasteiger partial charge >= 0.3 is 6.18 Å². The number of imide groups is 2. The Balaban J connectivity index is 0.687. The number of piperidine rings is 3. The summed E-state index contributed by atoms with van der Waals surface area (Å²) in [5.74, 6) is -1.12. The Morgan fingerprint density at radius 2 is 1.48 bits per heavy atom. The molecule has 62 heavy (non-hydrogen) atoms. The monoisotopic (exact) mass is 851 g/mol. The van der Waals surface area contributed by atoms with Crippen LogP contribution in [0.3, 0.4) is 0 Å². The molecule has 2 atom stereocenters. The number of carbonyl (C=O) groups is 5. The molecule has 6 aliphatic rings. The summed E-state index contributed by atoms with van der Waals surface area (Å²) in [6, 6.07) is 11.9. The van der Waals surface area contributed by atoms with Crippen molar-refractivity contribution in [3.8, 4) is 0 Å². The average molecular weight is 852 g/mol. The Morgan fingerprint density at radius 3 is 2.18 bits per heavy atom. The number of halogens is 3. The van der Waals surface area contributed by atoms with Gasteiger partial charge in [0, 0.05) is 83.1 Å². The number of anilines is 4. The first-order chi connectivity index (χ1) is 29.8. The van der Waals surface area contributed by atoms with Crippen LogP contribution in [0.25, 0.3) is 4.85 Å². The maximum Gasteiger partial charge on any atom is 0.407 e. The van der Waals surface area contributed by atoms with Crippen LogP contribution in [0.15, 0.2) is 54.7 Å². The predicted molar refractivity (Wildman–Crippen MR) is 224 cm³/mol. The van der Waals surface area contributed by atoms with E-state index >= 15 is 0 Å². The summed E-state index contributed by atoms with van der Waals surface area (Å²) in [7, 11) is 0. The van der Waals surface area contributed by atoms with Gasteiger partial charge in [-0.2, -0.15) is 13.2 Å². The lowest BCUT2D eigenvalue weighted by molar-refractivity contribution is -0.137. The fraction of sp³-hybridized carbons (Fsp3) is 0.489. The van der Waals surface area contributed by atoms with Gasteiger partial charge in [-0.1, -0.05) is 6.07 Å². The number of nitrogens with one attached hydrogen (secondary N) is 2. The lowest BCUT2D eigenvalue weighted by Crippen LogP contribution is -2.61. The Kier molecular flexibility index (Phi) is 10.9. The zero-order valence-electron chi connectivity index (χ0n) is 34.3. The number of likely N-dealkylation sites (tertiary alicyclic amines) is 1. The van der Waals surface area contributed by atoms with Crippen LogP contribution in [0, 0.1) is 23.8 Å². The summed E-state index contributed by atoms with van der Waals surface area (Å²) >= 11 is 0. The SMILES string of the molecule is [C-]#[N+]c1ccc(N2CCC(CC(=O)Nc3ccc(N4CCC(CN5CC6(CCN(c7ccc8c(c7)C(=O)N(C7CCC(=O)NC7=O)C8=O)CC6)C5)CC4)cn3)C2)cc1C(F)(F)F. The molecule has 1 spiro atoms. The summed E-state index contributed by atoms with van der Waals surface area (Å²) in [6.45, 7) is 14.9. The molecule has 5 fully saturated rings. The second kappa shape index (κ2) is 16.4. The first-order valence-corrected chi connectivity index (χ1v) is 21.4. The molecule has 6 aliphatic heterocycles. The van der Waals surface area contributed by atoms with Crippen molar-refractivity contribution >= 4 is 58.1 Å². The van der Waals surface area contributed by atoms with Crippen LogP contribution < -0.4 is 25.3 Å². The molecule has 0 bridgehead atoms. The van der Waals surface area contributed by atoms with E-state index in [2.05, 4.69) is 35.2 Å². The van der Waals surface area contributed by atoms with Crippen LogP contribution in [0.1, 0.15) is 77.6 Å². The van der Waals surface area contributed by atoms with Gasteiger partial charge in [-0.3, -0.25) is 34.2 Å². The molecule has 3 aromatic rings. The third kappa shape index (κ3) is 8.19. The highest BCUT2D eigenvalue weighted by Crippen LogP contribution is 2.43. The minimum absolute atomic E-state index is 0.0190. The van der Waals surface area contributed by atoms with Gasteiger partial charge in [-0.05, 0) is 98.2 Å². The first-order valence-electron chi connectivity index (χ1n) is 21.4. The van der Waals surface area contributed by atoms with E-state index in [1.807, 2.05) is 23.1 Å². The second-order valence-corrected chi connectivity index (χ2v) is 17.8. The van der Waals surface area contributed by atoms with Crippen molar-refractivity contribution in [3.63, 3.8) is 0 Å². The highest BCUT2D eigenvalue weighted by molar-refractivity contribution is 6.23. The second-order valence-electron chi connectivity index (χ2n) is 17.8. The maximum atomic E-state index is 13.5. The molecular formula is C45H48F3N9O5. The smallest absolute Gasteiger partial charge is 0.371 e. The van der Waals surface area contributed by atoms with E-state index in [0.29, 0.717) is 53.5 Å². The summed E-state index contributed by atoms with van der Waals surface area (Å²) in [5, 5.41) is 5.12. The number of pyridine rings is 1. The zero-order chi connectivity index (χ0) is 43.3. The molecular weight excluding hydrogens is 804 g/mol. The molecule has 7 heterocycles. The summed E-state index contributed by atoms with van der Waals surface area (Å²) in [5.41, 5.74) is 1.84. The molecule has 2 N–H and O–H groups in total. The maximum absolute atomic E-state index is 13.5. The molecule has 0 radical (unpaired) electrons. The minimum atomic E-state index is -4.62. The first kappa shape index (κ1) is 41.3. The van der Waals surface area contributed by atoms with Gasteiger partial charge in [0.2, 0.25) is 17.7 Å². The molecule has 9 rings (SSSR count). The fourth-order valence-corrected chi connectivity index (χ4v) is 10.4. The number of carbonyl (C=O) groups excluding carboxylic acids is 5. The summed E-state index contributed by atoms with van der Waals surface area (Å²) in [4.78, 5) is 81.0. The molecule has 0 saturated carbocycles. The highest BCUT2D eigenvalue weighted by Gasteiger charge is 2.47. The fourth-order valence-electron chi connectivity index (χ4n) is 10.4. The number of rotatable bonds is 9. The quantitative estimate of drug-likeness (QED) is 0.203. The molecule has 0 aliphatic carbocycles. The van der Waals surface area contributed by atoms with E-state index < -0.39 is 47.1 Å². The number of nitrogens with zero attached hydrogens (tertiary/aromatic N) is 7. The number of fused-ring (bicyclic) bond motifs is 1. The van der Waals surface area contributed by atoms with Crippen LogP contribution in [-0.4, -0.2) is 109 Å².